The van der Waals surface area contributed by atoms with Gasteiger partial charge >= 0.3 is 0 Å². The van der Waals surface area contributed by atoms with Gasteiger partial charge in [-0.25, -0.2) is 9.97 Å². The van der Waals surface area contributed by atoms with E-state index < -0.39 is 5.91 Å². The number of benzene rings is 1. The normalized spacial score (nSPS) is 10.9. The Morgan fingerprint density at radius 3 is 2.80 bits per heavy atom. The van der Waals surface area contributed by atoms with Crippen molar-refractivity contribution >= 4 is 44.9 Å². The van der Waals surface area contributed by atoms with Crippen LogP contribution < -0.4 is 15.8 Å². The number of primary amides is 1. The first-order valence-corrected chi connectivity index (χ1v) is 10.2. The Morgan fingerprint density at radius 2 is 2.13 bits per heavy atom. The van der Waals surface area contributed by atoms with Crippen molar-refractivity contribution < 1.29 is 9.53 Å². The van der Waals surface area contributed by atoms with Gasteiger partial charge in [0.15, 0.2) is 5.82 Å². The number of pyridine rings is 1. The summed E-state index contributed by atoms with van der Waals surface area (Å²) in [6.07, 6.45) is 3.39. The summed E-state index contributed by atoms with van der Waals surface area (Å²) in [4.78, 5) is 26.5. The van der Waals surface area contributed by atoms with Crippen LogP contribution in [0.25, 0.3) is 21.6 Å². The fourth-order valence-corrected chi connectivity index (χ4v) is 4.44. The van der Waals surface area contributed by atoms with Gasteiger partial charge in [0.2, 0.25) is 0 Å². The van der Waals surface area contributed by atoms with Crippen molar-refractivity contribution in [2.75, 3.05) is 12.4 Å². The molecular formula is C21H18ClN5O2S. The maximum atomic E-state index is 11.9. The molecule has 0 saturated carbocycles. The number of halogens is 1. The minimum atomic E-state index is -0.480. The van der Waals surface area contributed by atoms with Crippen LogP contribution in [0.1, 0.15) is 20.8 Å². The van der Waals surface area contributed by atoms with Gasteiger partial charge in [0.05, 0.1) is 22.4 Å². The van der Waals surface area contributed by atoms with Crippen LogP contribution in [-0.2, 0) is 6.54 Å². The molecule has 1 amide bonds. The Morgan fingerprint density at radius 1 is 1.30 bits per heavy atom. The number of fused-ring (bicyclic) bond motifs is 1. The van der Waals surface area contributed by atoms with Crippen LogP contribution in [0.5, 0.6) is 5.75 Å². The summed E-state index contributed by atoms with van der Waals surface area (Å²) in [6.45, 7) is 2.32. The lowest BCUT2D eigenvalue weighted by Gasteiger charge is -2.11. The van der Waals surface area contributed by atoms with Crippen molar-refractivity contribution in [2.45, 2.75) is 13.5 Å². The first-order valence-electron chi connectivity index (χ1n) is 9.05. The number of hydrogen-bond acceptors (Lipinski definition) is 7. The number of nitrogens with one attached hydrogen (secondary N) is 1. The molecule has 0 aliphatic heterocycles. The van der Waals surface area contributed by atoms with Crippen LogP contribution in [0.2, 0.25) is 5.02 Å². The van der Waals surface area contributed by atoms with E-state index in [9.17, 15) is 4.79 Å². The molecule has 0 fully saturated rings. The van der Waals surface area contributed by atoms with Crippen molar-refractivity contribution in [1.82, 2.24) is 15.0 Å². The number of nitrogens with two attached hydrogens (primary N) is 1. The standard InChI is InChI=1S/C21H18ClN5O2S/c1-11-16-20(25-9-12-5-6-15(29-2)14(22)8-12)26-19(13-4-3-7-24-10-13)27-21(16)30-17(11)18(23)28/h3-8,10H,9H2,1-2H3,(H2,23,28)(H,25,26,27). The number of aryl methyl sites for hydroxylation is 1. The summed E-state index contributed by atoms with van der Waals surface area (Å²) in [5.41, 5.74) is 8.05. The number of nitrogens with zero attached hydrogens (tertiary/aromatic N) is 3. The molecule has 30 heavy (non-hydrogen) atoms. The summed E-state index contributed by atoms with van der Waals surface area (Å²) in [5.74, 6) is 1.27. The molecule has 4 rings (SSSR count). The number of hydrogen-bond donors (Lipinski definition) is 2. The number of thiophene rings is 1. The smallest absolute Gasteiger partial charge is 0.259 e. The Hall–Kier alpha value is -3.23. The monoisotopic (exact) mass is 439 g/mol. The topological polar surface area (TPSA) is 103 Å². The predicted molar refractivity (Wildman–Crippen MR) is 119 cm³/mol. The quantitative estimate of drug-likeness (QED) is 0.460. The minimum absolute atomic E-state index is 0.471. The van der Waals surface area contributed by atoms with E-state index >= 15 is 0 Å². The first kappa shape index (κ1) is 20.1. The highest BCUT2D eigenvalue weighted by Gasteiger charge is 2.19. The lowest BCUT2D eigenvalue weighted by Crippen LogP contribution is -2.10. The second-order valence-corrected chi connectivity index (χ2v) is 7.97. The number of amides is 1. The van der Waals surface area contributed by atoms with Crippen molar-refractivity contribution in [3.05, 3.63) is 63.8 Å². The average molecular weight is 440 g/mol. The molecule has 9 heteroatoms. The third-order valence-electron chi connectivity index (χ3n) is 4.61. The van der Waals surface area contributed by atoms with E-state index in [0.717, 1.165) is 22.1 Å². The van der Waals surface area contributed by atoms with Gasteiger partial charge < -0.3 is 15.8 Å². The van der Waals surface area contributed by atoms with Gasteiger partial charge in [0, 0.05) is 24.5 Å². The van der Waals surface area contributed by atoms with Crippen molar-refractivity contribution in [2.24, 2.45) is 5.73 Å². The lowest BCUT2D eigenvalue weighted by molar-refractivity contribution is 0.100. The van der Waals surface area contributed by atoms with E-state index in [0.29, 0.717) is 38.7 Å². The van der Waals surface area contributed by atoms with Gasteiger partial charge in [0.1, 0.15) is 16.4 Å². The van der Waals surface area contributed by atoms with E-state index in [1.165, 1.54) is 11.3 Å². The molecule has 0 aliphatic rings. The molecule has 0 atom stereocenters. The summed E-state index contributed by atoms with van der Waals surface area (Å²) < 4.78 is 5.20. The van der Waals surface area contributed by atoms with E-state index in [2.05, 4.69) is 15.3 Å². The van der Waals surface area contributed by atoms with Crippen LogP contribution in [0.3, 0.4) is 0 Å². The molecule has 4 aromatic rings. The zero-order valence-electron chi connectivity index (χ0n) is 16.3. The maximum Gasteiger partial charge on any atom is 0.259 e. The molecule has 0 unspecified atom stereocenters. The highest BCUT2D eigenvalue weighted by Crippen LogP contribution is 2.35. The van der Waals surface area contributed by atoms with Crippen LogP contribution >= 0.6 is 22.9 Å². The zero-order valence-corrected chi connectivity index (χ0v) is 17.8. The molecule has 1 aromatic carbocycles. The van der Waals surface area contributed by atoms with Gasteiger partial charge in [0.25, 0.3) is 5.91 Å². The molecule has 0 saturated heterocycles. The van der Waals surface area contributed by atoms with E-state index in [-0.39, 0.29) is 0 Å². The molecule has 0 radical (unpaired) electrons. The molecule has 7 nitrogen and oxygen atoms in total. The predicted octanol–water partition coefficient (Wildman–Crippen LogP) is 4.43. The largest absolute Gasteiger partial charge is 0.495 e. The second-order valence-electron chi connectivity index (χ2n) is 6.56. The average Bonchev–Trinajstić information content (AvgIpc) is 3.09. The Labute approximate surface area is 181 Å². The van der Waals surface area contributed by atoms with Crippen LogP contribution in [0.4, 0.5) is 5.82 Å². The molecule has 152 valence electrons. The molecule has 0 aliphatic carbocycles. The van der Waals surface area contributed by atoms with Crippen molar-refractivity contribution in [1.29, 1.82) is 0 Å². The number of methoxy groups -OCH3 is 1. The van der Waals surface area contributed by atoms with Gasteiger partial charge in [-0.1, -0.05) is 17.7 Å². The second kappa shape index (κ2) is 8.25. The van der Waals surface area contributed by atoms with Gasteiger partial charge in [-0.15, -0.1) is 11.3 Å². The highest BCUT2D eigenvalue weighted by atomic mass is 35.5. The third kappa shape index (κ3) is 3.79. The molecule has 3 N–H and O–H groups in total. The molecule has 3 aromatic heterocycles. The Balaban J connectivity index is 1.78. The van der Waals surface area contributed by atoms with Crippen molar-refractivity contribution in [3.8, 4) is 17.1 Å². The number of rotatable bonds is 6. The number of aromatic nitrogens is 3. The number of carbonyl (C=O) groups excluding carboxylic acids is 1. The summed E-state index contributed by atoms with van der Waals surface area (Å²) in [6, 6.07) is 9.29. The van der Waals surface area contributed by atoms with Crippen LogP contribution in [0.15, 0.2) is 42.7 Å². The van der Waals surface area contributed by atoms with E-state index in [4.69, 9.17) is 27.1 Å². The zero-order chi connectivity index (χ0) is 21.3. The molecule has 0 bridgehead atoms. The van der Waals surface area contributed by atoms with Gasteiger partial charge in [-0.3, -0.25) is 9.78 Å². The number of carbonyl (C=O) groups is 1. The maximum absolute atomic E-state index is 11.9. The Kier molecular flexibility index (Phi) is 5.52. The molecular weight excluding hydrogens is 422 g/mol. The molecule has 0 spiro atoms. The summed E-state index contributed by atoms with van der Waals surface area (Å²) >= 11 is 7.50. The van der Waals surface area contributed by atoms with Crippen molar-refractivity contribution in [3.63, 3.8) is 0 Å². The first-order chi connectivity index (χ1) is 14.5. The third-order valence-corrected chi connectivity index (χ3v) is 6.11. The van der Waals surface area contributed by atoms with E-state index in [1.54, 1.807) is 19.5 Å². The summed E-state index contributed by atoms with van der Waals surface area (Å²) in [5, 5.41) is 4.67. The lowest BCUT2D eigenvalue weighted by atomic mass is 10.1. The number of ether oxygens (including phenoxy) is 1. The van der Waals surface area contributed by atoms with Crippen LogP contribution in [-0.4, -0.2) is 28.0 Å². The number of anilines is 1. The van der Waals surface area contributed by atoms with E-state index in [1.807, 2.05) is 37.3 Å². The molecule has 3 heterocycles. The fourth-order valence-electron chi connectivity index (χ4n) is 3.13. The Bertz CT molecular complexity index is 1240. The van der Waals surface area contributed by atoms with Gasteiger partial charge in [-0.2, -0.15) is 0 Å². The van der Waals surface area contributed by atoms with Gasteiger partial charge in [-0.05, 0) is 42.3 Å². The highest BCUT2D eigenvalue weighted by molar-refractivity contribution is 7.20. The SMILES string of the molecule is COc1ccc(CNc2nc(-c3cccnc3)nc3sc(C(N)=O)c(C)c23)cc1Cl. The summed E-state index contributed by atoms with van der Waals surface area (Å²) in [7, 11) is 1.58. The minimum Gasteiger partial charge on any atom is -0.495 e. The van der Waals surface area contributed by atoms with Crippen LogP contribution in [0, 0.1) is 6.92 Å². The fraction of sp³-hybridized carbons (Fsp3) is 0.143.